The predicted octanol–water partition coefficient (Wildman–Crippen LogP) is 2.32. The second-order valence-corrected chi connectivity index (χ2v) is 12.3. The van der Waals surface area contributed by atoms with E-state index in [0.717, 1.165) is 18.8 Å². The van der Waals surface area contributed by atoms with Crippen molar-refractivity contribution >= 4 is 33.3 Å². The highest BCUT2D eigenvalue weighted by Crippen LogP contribution is 2.34. The Morgan fingerprint density at radius 2 is 1.72 bits per heavy atom. The van der Waals surface area contributed by atoms with Gasteiger partial charge in [-0.2, -0.15) is 4.31 Å². The predicted molar refractivity (Wildman–Crippen MR) is 148 cm³/mol. The normalized spacial score (nSPS) is 20.2. The van der Waals surface area contributed by atoms with Crippen LogP contribution in [0.2, 0.25) is 0 Å². The third kappa shape index (κ3) is 5.84. The van der Waals surface area contributed by atoms with E-state index >= 15 is 0 Å². The fourth-order valence-electron chi connectivity index (χ4n) is 5.53. The fourth-order valence-corrected chi connectivity index (χ4v) is 7.14. The van der Waals surface area contributed by atoms with Gasteiger partial charge in [-0.3, -0.25) is 19.4 Å². The van der Waals surface area contributed by atoms with Gasteiger partial charge in [0.05, 0.1) is 17.5 Å². The minimum Gasteiger partial charge on any atom is -0.372 e. The van der Waals surface area contributed by atoms with E-state index in [1.54, 1.807) is 12.1 Å². The van der Waals surface area contributed by atoms with Crippen molar-refractivity contribution in [3.8, 4) is 0 Å². The van der Waals surface area contributed by atoms with E-state index in [0.29, 0.717) is 18.4 Å². The Hall–Kier alpha value is -3.31. The van der Waals surface area contributed by atoms with Gasteiger partial charge in [-0.25, -0.2) is 8.42 Å². The average Bonchev–Trinajstić information content (AvgIpc) is 3.50. The van der Waals surface area contributed by atoms with E-state index in [1.807, 2.05) is 26.0 Å². The molecule has 0 spiro atoms. The van der Waals surface area contributed by atoms with Gasteiger partial charge in [0, 0.05) is 43.3 Å². The van der Waals surface area contributed by atoms with Gasteiger partial charge in [0.25, 0.3) is 5.91 Å². The third-order valence-electron chi connectivity index (χ3n) is 7.49. The number of carbonyl (C=O) groups excluding carboxylic acids is 3. The van der Waals surface area contributed by atoms with Gasteiger partial charge in [0.15, 0.2) is 5.78 Å². The summed E-state index contributed by atoms with van der Waals surface area (Å²) in [5.74, 6) is -0.938. The summed E-state index contributed by atoms with van der Waals surface area (Å²) in [6, 6.07) is 7.72. The van der Waals surface area contributed by atoms with Crippen molar-refractivity contribution in [1.82, 2.24) is 19.5 Å². The van der Waals surface area contributed by atoms with Crippen molar-refractivity contribution in [3.63, 3.8) is 0 Å². The first-order valence-electron chi connectivity index (χ1n) is 13.5. The number of anilines is 1. The van der Waals surface area contributed by atoms with Gasteiger partial charge in [-0.05, 0) is 69.0 Å². The molecule has 10 nitrogen and oxygen atoms in total. The van der Waals surface area contributed by atoms with Gasteiger partial charge in [0.1, 0.15) is 12.1 Å². The van der Waals surface area contributed by atoms with Crippen LogP contribution in [0.5, 0.6) is 0 Å². The maximum absolute atomic E-state index is 13.8. The van der Waals surface area contributed by atoms with E-state index in [2.05, 4.69) is 29.0 Å². The zero-order valence-corrected chi connectivity index (χ0v) is 23.7. The van der Waals surface area contributed by atoms with Crippen LogP contribution >= 0.6 is 0 Å². The zero-order valence-electron chi connectivity index (χ0n) is 22.9. The highest BCUT2D eigenvalue weighted by atomic mass is 32.2. The van der Waals surface area contributed by atoms with Gasteiger partial charge < -0.3 is 15.1 Å². The molecule has 2 aliphatic rings. The number of rotatable bonds is 10. The number of nitrogens with one attached hydrogen (secondary N) is 1. The van der Waals surface area contributed by atoms with E-state index in [1.165, 1.54) is 33.7 Å². The number of likely N-dealkylation sites (tertiary alicyclic amines) is 1. The minimum atomic E-state index is -3.92. The summed E-state index contributed by atoms with van der Waals surface area (Å²) in [4.78, 5) is 47.6. The SMILES string of the molecule is CCN(CC)c1ccc(C(=O)NC(CC(C)C)C(=O)N2CCC3C2C(=O)CN3S(=O)(=O)c2ccncc2)cc1. The molecule has 2 aromatic rings. The second kappa shape index (κ2) is 11.8. The summed E-state index contributed by atoms with van der Waals surface area (Å²) in [5, 5.41) is 2.89. The number of aromatic nitrogens is 1. The number of hydrogen-bond donors (Lipinski definition) is 1. The molecular formula is C28H37N5O5S. The molecule has 39 heavy (non-hydrogen) atoms. The largest absolute Gasteiger partial charge is 0.372 e. The van der Waals surface area contributed by atoms with Crippen LogP contribution in [0.1, 0.15) is 50.9 Å². The maximum atomic E-state index is 13.8. The number of fused-ring (bicyclic) bond motifs is 1. The van der Waals surface area contributed by atoms with Crippen LogP contribution in [0.4, 0.5) is 5.69 Å². The summed E-state index contributed by atoms with van der Waals surface area (Å²) in [5.41, 5.74) is 1.46. The number of amides is 2. The van der Waals surface area contributed by atoms with Crippen LogP contribution in [0, 0.1) is 5.92 Å². The maximum Gasteiger partial charge on any atom is 0.251 e. The van der Waals surface area contributed by atoms with Crippen LogP contribution in [-0.2, 0) is 19.6 Å². The minimum absolute atomic E-state index is 0.0627. The Balaban J connectivity index is 1.51. The number of Topliss-reactive ketones (excluding diaryl/α,β-unsaturated/α-hetero) is 1. The summed E-state index contributed by atoms with van der Waals surface area (Å²) in [7, 11) is -3.92. The van der Waals surface area contributed by atoms with Crippen molar-refractivity contribution in [2.24, 2.45) is 5.92 Å². The molecule has 2 saturated heterocycles. The summed E-state index contributed by atoms with van der Waals surface area (Å²) in [6.45, 7) is 9.71. The van der Waals surface area contributed by atoms with Crippen LogP contribution in [-0.4, -0.2) is 84.5 Å². The van der Waals surface area contributed by atoms with Crippen molar-refractivity contribution in [3.05, 3.63) is 54.4 Å². The lowest BCUT2D eigenvalue weighted by molar-refractivity contribution is -0.138. The van der Waals surface area contributed by atoms with Gasteiger partial charge in [0.2, 0.25) is 15.9 Å². The van der Waals surface area contributed by atoms with Crippen LogP contribution in [0.25, 0.3) is 0 Å². The topological polar surface area (TPSA) is 120 Å². The highest BCUT2D eigenvalue weighted by Gasteiger charge is 2.54. The van der Waals surface area contributed by atoms with Gasteiger partial charge in [-0.1, -0.05) is 13.8 Å². The number of pyridine rings is 1. The van der Waals surface area contributed by atoms with Crippen molar-refractivity contribution in [1.29, 1.82) is 0 Å². The molecule has 0 saturated carbocycles. The second-order valence-electron chi connectivity index (χ2n) is 10.4. The summed E-state index contributed by atoms with van der Waals surface area (Å²) >= 11 is 0. The Labute approximate surface area is 230 Å². The molecule has 3 unspecified atom stereocenters. The Kier molecular flexibility index (Phi) is 8.70. The fraction of sp³-hybridized carbons (Fsp3) is 0.500. The molecule has 2 fully saturated rings. The number of benzene rings is 1. The van der Waals surface area contributed by atoms with Crippen LogP contribution in [0.3, 0.4) is 0 Å². The van der Waals surface area contributed by atoms with Crippen molar-refractivity contribution in [2.75, 3.05) is 31.1 Å². The molecule has 4 rings (SSSR count). The number of nitrogens with zero attached hydrogens (tertiary/aromatic N) is 4. The molecule has 0 radical (unpaired) electrons. The molecule has 210 valence electrons. The van der Waals surface area contributed by atoms with E-state index in [4.69, 9.17) is 0 Å². The van der Waals surface area contributed by atoms with Crippen molar-refractivity contribution < 1.29 is 22.8 Å². The monoisotopic (exact) mass is 555 g/mol. The van der Waals surface area contributed by atoms with Crippen LogP contribution in [0.15, 0.2) is 53.7 Å². The molecule has 11 heteroatoms. The summed E-state index contributed by atoms with van der Waals surface area (Å²) < 4.78 is 27.7. The van der Waals surface area contributed by atoms with E-state index in [-0.39, 0.29) is 41.5 Å². The Bertz CT molecular complexity index is 1300. The highest BCUT2D eigenvalue weighted by molar-refractivity contribution is 7.89. The number of sulfonamides is 1. The van der Waals surface area contributed by atoms with Crippen LogP contribution < -0.4 is 10.2 Å². The number of ketones is 1. The first-order chi connectivity index (χ1) is 18.6. The molecule has 0 aliphatic carbocycles. The molecule has 1 N–H and O–H groups in total. The number of hydrogen-bond acceptors (Lipinski definition) is 7. The molecule has 2 amide bonds. The Morgan fingerprint density at radius 3 is 2.31 bits per heavy atom. The zero-order chi connectivity index (χ0) is 28.3. The third-order valence-corrected chi connectivity index (χ3v) is 9.37. The van der Waals surface area contributed by atoms with Crippen molar-refractivity contribution in [2.45, 2.75) is 63.6 Å². The molecule has 3 heterocycles. The molecular weight excluding hydrogens is 518 g/mol. The lowest BCUT2D eigenvalue weighted by Crippen LogP contribution is -2.53. The first kappa shape index (κ1) is 28.7. The summed E-state index contributed by atoms with van der Waals surface area (Å²) in [6.07, 6.45) is 3.52. The molecule has 1 aromatic heterocycles. The average molecular weight is 556 g/mol. The first-order valence-corrected chi connectivity index (χ1v) is 14.9. The lowest BCUT2D eigenvalue weighted by atomic mass is 10.0. The molecule has 2 aliphatic heterocycles. The smallest absolute Gasteiger partial charge is 0.251 e. The van der Waals surface area contributed by atoms with E-state index in [9.17, 15) is 22.8 Å². The van der Waals surface area contributed by atoms with Gasteiger partial charge >= 0.3 is 0 Å². The lowest BCUT2D eigenvalue weighted by Gasteiger charge is -2.29. The molecule has 0 bridgehead atoms. The van der Waals surface area contributed by atoms with Gasteiger partial charge in [-0.15, -0.1) is 0 Å². The number of carbonyl (C=O) groups is 3. The molecule has 1 aromatic carbocycles. The Morgan fingerprint density at radius 1 is 1.08 bits per heavy atom. The quantitative estimate of drug-likeness (QED) is 0.478. The standard InChI is InChI=1S/C28H37N5O5S/c1-5-31(6-2)21-9-7-20(8-10-21)27(35)30-23(17-19(3)4)28(36)32-16-13-24-26(32)25(34)18-33(24)39(37,38)22-11-14-29-15-12-22/h7-12,14-15,19,23-24,26H,5-6,13,16-18H2,1-4H3,(H,30,35). The molecule has 3 atom stereocenters. The van der Waals surface area contributed by atoms with E-state index < -0.39 is 28.1 Å².